The molecule has 2 unspecified atom stereocenters. The Bertz CT molecular complexity index is 829. The van der Waals surface area contributed by atoms with Gasteiger partial charge in [-0.2, -0.15) is 8.42 Å². The molecule has 0 spiro atoms. The van der Waals surface area contributed by atoms with E-state index in [4.69, 9.17) is 9.29 Å². The number of H-pyrrole nitrogens is 1. The Morgan fingerprint density at radius 3 is 2.83 bits per heavy atom. The Morgan fingerprint density at radius 1 is 1.39 bits per heavy atom. The Balaban J connectivity index is 1.96. The summed E-state index contributed by atoms with van der Waals surface area (Å²) in [5.41, 5.74) is 1.92. The molecule has 1 aliphatic heterocycles. The molecule has 3 rings (SSSR count). The van der Waals surface area contributed by atoms with Gasteiger partial charge in [-0.25, -0.2) is 4.79 Å². The molecule has 0 radical (unpaired) electrons. The van der Waals surface area contributed by atoms with Gasteiger partial charge < -0.3 is 15.0 Å². The summed E-state index contributed by atoms with van der Waals surface area (Å²) in [5, 5.41) is 10.2. The van der Waals surface area contributed by atoms with Gasteiger partial charge in [0.05, 0.1) is 12.8 Å². The maximum absolute atomic E-state index is 11.6. The van der Waals surface area contributed by atoms with Crippen molar-refractivity contribution in [3.63, 3.8) is 0 Å². The number of aromatic amines is 1. The number of nitrogens with zero attached hydrogens (tertiary/aromatic N) is 1. The van der Waals surface area contributed by atoms with E-state index in [-0.39, 0.29) is 12.5 Å². The fourth-order valence-electron chi connectivity index (χ4n) is 3.17. The molecular weight excluding hydrogens is 320 g/mol. The first-order valence-electron chi connectivity index (χ1n) is 7.27. The molecule has 1 amide bonds. The van der Waals surface area contributed by atoms with Gasteiger partial charge in [-0.05, 0) is 18.1 Å². The average Bonchev–Trinajstić information content (AvgIpc) is 2.89. The third-order valence-electron chi connectivity index (χ3n) is 4.15. The number of benzene rings is 1. The van der Waals surface area contributed by atoms with E-state index in [1.165, 1.54) is 4.90 Å². The molecule has 23 heavy (non-hydrogen) atoms. The molecule has 1 aliphatic rings. The largest absolute Gasteiger partial charge is 0.465 e. The van der Waals surface area contributed by atoms with E-state index < -0.39 is 22.3 Å². The molecule has 2 atom stereocenters. The fourth-order valence-corrected chi connectivity index (χ4v) is 3.81. The molecule has 2 aromatic rings. The van der Waals surface area contributed by atoms with Gasteiger partial charge in [-0.3, -0.25) is 4.18 Å². The van der Waals surface area contributed by atoms with Crippen LogP contribution >= 0.6 is 0 Å². The maximum atomic E-state index is 11.6. The van der Waals surface area contributed by atoms with E-state index in [1.807, 2.05) is 30.5 Å². The van der Waals surface area contributed by atoms with Crippen molar-refractivity contribution in [3.05, 3.63) is 36.0 Å². The van der Waals surface area contributed by atoms with Crippen molar-refractivity contribution in [1.29, 1.82) is 0 Å². The lowest BCUT2D eigenvalue weighted by Crippen LogP contribution is -2.46. The van der Waals surface area contributed by atoms with Crippen molar-refractivity contribution in [2.24, 2.45) is 0 Å². The van der Waals surface area contributed by atoms with Crippen LogP contribution in [0.15, 0.2) is 30.5 Å². The van der Waals surface area contributed by atoms with E-state index in [0.29, 0.717) is 13.0 Å². The van der Waals surface area contributed by atoms with Crippen LogP contribution in [0.5, 0.6) is 0 Å². The Hall–Kier alpha value is -2.06. The Labute approximate surface area is 134 Å². The van der Waals surface area contributed by atoms with E-state index in [9.17, 15) is 13.2 Å². The van der Waals surface area contributed by atoms with Crippen molar-refractivity contribution in [3.8, 4) is 0 Å². The summed E-state index contributed by atoms with van der Waals surface area (Å²) in [6.45, 7) is 0.385. The van der Waals surface area contributed by atoms with Crippen LogP contribution < -0.4 is 0 Å². The molecule has 1 aromatic heterocycles. The number of fused-ring (bicyclic) bond motifs is 1. The van der Waals surface area contributed by atoms with E-state index in [1.54, 1.807) is 0 Å². The van der Waals surface area contributed by atoms with Gasteiger partial charge >= 0.3 is 6.09 Å². The number of likely N-dealkylation sites (tertiary alicyclic amines) is 1. The average molecular weight is 338 g/mol. The highest BCUT2D eigenvalue weighted by molar-refractivity contribution is 7.86. The van der Waals surface area contributed by atoms with Crippen molar-refractivity contribution in [2.75, 3.05) is 19.3 Å². The molecule has 2 heterocycles. The van der Waals surface area contributed by atoms with Crippen molar-refractivity contribution < 1.29 is 22.5 Å². The number of hydrogen-bond acceptors (Lipinski definition) is 4. The van der Waals surface area contributed by atoms with Gasteiger partial charge in [0.1, 0.15) is 6.10 Å². The summed E-state index contributed by atoms with van der Waals surface area (Å²) >= 11 is 0. The predicted molar refractivity (Wildman–Crippen MR) is 85.0 cm³/mol. The van der Waals surface area contributed by atoms with E-state index >= 15 is 0 Å². The number of carboxylic acid groups (broad SMARTS) is 1. The first kappa shape index (κ1) is 15.8. The number of piperidine rings is 1. The summed E-state index contributed by atoms with van der Waals surface area (Å²) < 4.78 is 28.3. The highest BCUT2D eigenvalue weighted by Gasteiger charge is 2.36. The summed E-state index contributed by atoms with van der Waals surface area (Å²) in [4.78, 5) is 15.5. The lowest BCUT2D eigenvalue weighted by atomic mass is 9.87. The SMILES string of the molecule is CS(=O)(=O)OC1CN(C(=O)O)CCC1c1c[nH]c2ccccc12. The highest BCUT2D eigenvalue weighted by atomic mass is 32.2. The normalized spacial score (nSPS) is 22.4. The molecule has 2 N–H and O–H groups in total. The van der Waals surface area contributed by atoms with Crippen LogP contribution in [0.4, 0.5) is 4.79 Å². The third kappa shape index (κ3) is 3.32. The smallest absolute Gasteiger partial charge is 0.407 e. The second-order valence-corrected chi connectivity index (χ2v) is 7.35. The minimum atomic E-state index is -3.68. The predicted octanol–water partition coefficient (Wildman–Crippen LogP) is 1.98. The molecule has 7 nitrogen and oxygen atoms in total. The molecule has 124 valence electrons. The van der Waals surface area contributed by atoms with Crippen LogP contribution in [0, 0.1) is 0 Å². The lowest BCUT2D eigenvalue weighted by molar-refractivity contribution is 0.0691. The minimum Gasteiger partial charge on any atom is -0.465 e. The van der Waals surface area contributed by atoms with E-state index in [0.717, 1.165) is 22.7 Å². The summed E-state index contributed by atoms with van der Waals surface area (Å²) in [5.74, 6) is -0.184. The second-order valence-electron chi connectivity index (χ2n) is 5.75. The Kier molecular flexibility index (Phi) is 4.03. The van der Waals surface area contributed by atoms with Crippen LogP contribution in [0.1, 0.15) is 17.9 Å². The van der Waals surface area contributed by atoms with Crippen molar-refractivity contribution in [2.45, 2.75) is 18.4 Å². The highest BCUT2D eigenvalue weighted by Crippen LogP contribution is 2.35. The van der Waals surface area contributed by atoms with Gasteiger partial charge in [-0.15, -0.1) is 0 Å². The summed E-state index contributed by atoms with van der Waals surface area (Å²) in [7, 11) is -3.68. The number of aromatic nitrogens is 1. The van der Waals surface area contributed by atoms with Crippen LogP contribution in [0.25, 0.3) is 10.9 Å². The summed E-state index contributed by atoms with van der Waals surface area (Å²) in [6.07, 6.45) is 1.55. The number of hydrogen-bond donors (Lipinski definition) is 2. The molecular formula is C15H18N2O5S. The second kappa shape index (κ2) is 5.86. The molecule has 1 fully saturated rings. The van der Waals surface area contributed by atoms with Gasteiger partial charge in [0, 0.05) is 29.6 Å². The lowest BCUT2D eigenvalue weighted by Gasteiger charge is -2.36. The molecule has 0 bridgehead atoms. The maximum Gasteiger partial charge on any atom is 0.407 e. The van der Waals surface area contributed by atoms with Gasteiger partial charge in [-0.1, -0.05) is 18.2 Å². The molecule has 0 saturated carbocycles. The monoisotopic (exact) mass is 338 g/mol. The van der Waals surface area contributed by atoms with Crippen molar-refractivity contribution >= 4 is 27.1 Å². The zero-order valence-corrected chi connectivity index (χ0v) is 13.4. The van der Waals surface area contributed by atoms with Gasteiger partial charge in [0.15, 0.2) is 0 Å². The number of amides is 1. The van der Waals surface area contributed by atoms with Crippen LogP contribution in [-0.2, 0) is 14.3 Å². The van der Waals surface area contributed by atoms with Crippen molar-refractivity contribution in [1.82, 2.24) is 9.88 Å². The first-order valence-corrected chi connectivity index (χ1v) is 9.09. The molecule has 1 aromatic carbocycles. The first-order chi connectivity index (χ1) is 10.8. The van der Waals surface area contributed by atoms with Gasteiger partial charge in [0.2, 0.25) is 0 Å². The van der Waals surface area contributed by atoms with E-state index in [2.05, 4.69) is 4.98 Å². The van der Waals surface area contributed by atoms with Gasteiger partial charge in [0.25, 0.3) is 10.1 Å². The van der Waals surface area contributed by atoms with Crippen LogP contribution in [0.3, 0.4) is 0 Å². The molecule has 1 saturated heterocycles. The standard InChI is InChI=1S/C15H18N2O5S/c1-23(20,21)22-14-9-17(15(18)19)7-6-11(14)12-8-16-13-5-3-2-4-10(12)13/h2-5,8,11,14,16H,6-7,9H2,1H3,(H,18,19). The zero-order valence-electron chi connectivity index (χ0n) is 12.6. The number of para-hydroxylation sites is 1. The fraction of sp³-hybridized carbons (Fsp3) is 0.400. The molecule has 0 aliphatic carbocycles. The third-order valence-corrected chi connectivity index (χ3v) is 4.75. The topological polar surface area (TPSA) is 99.7 Å². The summed E-state index contributed by atoms with van der Waals surface area (Å²) in [6, 6.07) is 7.73. The quantitative estimate of drug-likeness (QED) is 0.834. The minimum absolute atomic E-state index is 0.0343. The Morgan fingerprint density at radius 2 is 2.13 bits per heavy atom. The molecule has 8 heteroatoms. The number of carbonyl (C=O) groups is 1. The van der Waals surface area contributed by atoms with Crippen LogP contribution in [-0.4, -0.2) is 55.0 Å². The van der Waals surface area contributed by atoms with Crippen LogP contribution in [0.2, 0.25) is 0 Å². The number of rotatable bonds is 3. The zero-order chi connectivity index (χ0) is 16.6. The number of nitrogens with one attached hydrogen (secondary N) is 1.